The zero-order valence-corrected chi connectivity index (χ0v) is 12.2. The fourth-order valence-corrected chi connectivity index (χ4v) is 3.45. The lowest BCUT2D eigenvalue weighted by Crippen LogP contribution is -2.58. The van der Waals surface area contributed by atoms with Gasteiger partial charge in [-0.3, -0.25) is 4.79 Å². The van der Waals surface area contributed by atoms with Gasteiger partial charge in [0.1, 0.15) is 5.54 Å². The first-order chi connectivity index (χ1) is 9.43. The van der Waals surface area contributed by atoms with E-state index in [4.69, 9.17) is 5.73 Å². The standard InChI is InChI=1S/C15H26N2O3/c1-10-5-7-15(8-6-10,14(19)20)17-13(18)11-3-2-4-12(16)9-11/h10-12H,2-9,16H2,1H3,(H,17,18)(H,19,20). The van der Waals surface area contributed by atoms with Crippen LogP contribution in [0.1, 0.15) is 58.3 Å². The van der Waals surface area contributed by atoms with Crippen molar-refractivity contribution < 1.29 is 14.7 Å². The number of nitrogens with two attached hydrogens (primary N) is 1. The van der Waals surface area contributed by atoms with Crippen LogP contribution in [0.4, 0.5) is 0 Å². The van der Waals surface area contributed by atoms with Crippen LogP contribution in [0, 0.1) is 11.8 Å². The molecule has 0 saturated heterocycles. The first-order valence-electron chi connectivity index (χ1n) is 7.74. The van der Waals surface area contributed by atoms with Crippen molar-refractivity contribution >= 4 is 11.9 Å². The molecule has 0 aliphatic heterocycles. The molecule has 2 aliphatic rings. The van der Waals surface area contributed by atoms with Crippen molar-refractivity contribution in [3.63, 3.8) is 0 Å². The predicted octanol–water partition coefficient (Wildman–Crippen LogP) is 1.65. The molecule has 0 aromatic heterocycles. The largest absolute Gasteiger partial charge is 0.480 e. The number of carbonyl (C=O) groups is 2. The lowest BCUT2D eigenvalue weighted by molar-refractivity contribution is -0.150. The van der Waals surface area contributed by atoms with E-state index in [2.05, 4.69) is 12.2 Å². The van der Waals surface area contributed by atoms with E-state index >= 15 is 0 Å². The molecule has 2 saturated carbocycles. The van der Waals surface area contributed by atoms with Crippen LogP contribution in [-0.2, 0) is 9.59 Å². The number of carboxylic acids is 1. The number of rotatable bonds is 3. The molecule has 0 heterocycles. The molecule has 0 radical (unpaired) electrons. The van der Waals surface area contributed by atoms with Crippen molar-refractivity contribution in [1.29, 1.82) is 0 Å². The van der Waals surface area contributed by atoms with Gasteiger partial charge in [0, 0.05) is 12.0 Å². The third kappa shape index (κ3) is 3.32. The second-order valence-electron chi connectivity index (χ2n) is 6.68. The molecule has 5 nitrogen and oxygen atoms in total. The highest BCUT2D eigenvalue weighted by molar-refractivity contribution is 5.88. The van der Waals surface area contributed by atoms with Gasteiger partial charge in [0.2, 0.25) is 5.91 Å². The van der Waals surface area contributed by atoms with Crippen molar-refractivity contribution in [2.45, 2.75) is 69.9 Å². The molecule has 2 atom stereocenters. The summed E-state index contributed by atoms with van der Waals surface area (Å²) in [5.41, 5.74) is 4.86. The zero-order chi connectivity index (χ0) is 14.8. The Bertz CT molecular complexity index is 375. The monoisotopic (exact) mass is 282 g/mol. The molecule has 0 bridgehead atoms. The molecule has 114 valence electrons. The lowest BCUT2D eigenvalue weighted by atomic mass is 9.76. The summed E-state index contributed by atoms with van der Waals surface area (Å²) in [6.07, 6.45) is 6.21. The Morgan fingerprint density at radius 3 is 2.40 bits per heavy atom. The van der Waals surface area contributed by atoms with E-state index in [1.165, 1.54) is 0 Å². The number of carbonyl (C=O) groups excluding carboxylic acids is 1. The number of hydrogen-bond acceptors (Lipinski definition) is 3. The average Bonchev–Trinajstić information content (AvgIpc) is 2.41. The minimum atomic E-state index is -1.05. The first kappa shape index (κ1) is 15.3. The van der Waals surface area contributed by atoms with Crippen LogP contribution in [0.3, 0.4) is 0 Å². The minimum absolute atomic E-state index is 0.0756. The third-order valence-electron chi connectivity index (χ3n) is 4.99. The Morgan fingerprint density at radius 2 is 1.85 bits per heavy atom. The molecule has 2 rings (SSSR count). The molecule has 4 N–H and O–H groups in total. The van der Waals surface area contributed by atoms with E-state index in [-0.39, 0.29) is 17.9 Å². The quantitative estimate of drug-likeness (QED) is 0.734. The van der Waals surface area contributed by atoms with Gasteiger partial charge < -0.3 is 16.2 Å². The van der Waals surface area contributed by atoms with Gasteiger partial charge in [-0.25, -0.2) is 4.79 Å². The maximum Gasteiger partial charge on any atom is 0.329 e. The lowest BCUT2D eigenvalue weighted by Gasteiger charge is -2.38. The van der Waals surface area contributed by atoms with Crippen molar-refractivity contribution in [3.8, 4) is 0 Å². The van der Waals surface area contributed by atoms with Crippen LogP contribution >= 0.6 is 0 Å². The fraction of sp³-hybridized carbons (Fsp3) is 0.867. The van der Waals surface area contributed by atoms with Crippen LogP contribution in [-0.4, -0.2) is 28.6 Å². The Kier molecular flexibility index (Phi) is 4.68. The Balaban J connectivity index is 2.01. The van der Waals surface area contributed by atoms with Gasteiger partial charge in [0.25, 0.3) is 0 Å². The second kappa shape index (κ2) is 6.12. The summed E-state index contributed by atoms with van der Waals surface area (Å²) < 4.78 is 0. The maximum absolute atomic E-state index is 12.4. The summed E-state index contributed by atoms with van der Waals surface area (Å²) in [5, 5.41) is 12.4. The van der Waals surface area contributed by atoms with E-state index in [1.807, 2.05) is 0 Å². The summed E-state index contributed by atoms with van der Waals surface area (Å²) in [6, 6.07) is 0.0756. The number of carboxylic acid groups (broad SMARTS) is 1. The van der Waals surface area contributed by atoms with Gasteiger partial charge in [-0.2, -0.15) is 0 Å². The summed E-state index contributed by atoms with van der Waals surface area (Å²) in [4.78, 5) is 24.0. The zero-order valence-electron chi connectivity index (χ0n) is 12.2. The van der Waals surface area contributed by atoms with E-state index < -0.39 is 11.5 Å². The SMILES string of the molecule is CC1CCC(NC(=O)C2CCCC(N)C2)(C(=O)O)CC1. The van der Waals surface area contributed by atoms with E-state index in [9.17, 15) is 14.7 Å². The molecule has 0 aromatic carbocycles. The molecule has 2 fully saturated rings. The number of nitrogens with one attached hydrogen (secondary N) is 1. The molecule has 2 unspecified atom stereocenters. The first-order valence-corrected chi connectivity index (χ1v) is 7.74. The van der Waals surface area contributed by atoms with Crippen LogP contribution in [0.15, 0.2) is 0 Å². The van der Waals surface area contributed by atoms with E-state index in [0.717, 1.165) is 32.1 Å². The smallest absolute Gasteiger partial charge is 0.329 e. The number of hydrogen-bond donors (Lipinski definition) is 3. The van der Waals surface area contributed by atoms with Gasteiger partial charge in [0.15, 0.2) is 0 Å². The predicted molar refractivity (Wildman–Crippen MR) is 76.1 cm³/mol. The molecule has 0 aromatic rings. The summed E-state index contributed by atoms with van der Waals surface area (Å²) in [6.45, 7) is 2.13. The van der Waals surface area contributed by atoms with Crippen LogP contribution in [0.25, 0.3) is 0 Å². The fourth-order valence-electron chi connectivity index (χ4n) is 3.45. The average molecular weight is 282 g/mol. The van der Waals surface area contributed by atoms with Gasteiger partial charge in [-0.1, -0.05) is 13.3 Å². The normalized spacial score (nSPS) is 38.2. The maximum atomic E-state index is 12.4. The van der Waals surface area contributed by atoms with Crippen LogP contribution < -0.4 is 11.1 Å². The van der Waals surface area contributed by atoms with Crippen molar-refractivity contribution in [2.24, 2.45) is 17.6 Å². The Labute approximate surface area is 120 Å². The minimum Gasteiger partial charge on any atom is -0.480 e. The van der Waals surface area contributed by atoms with Gasteiger partial charge in [-0.15, -0.1) is 0 Å². The van der Waals surface area contributed by atoms with Crippen LogP contribution in [0.2, 0.25) is 0 Å². The van der Waals surface area contributed by atoms with Gasteiger partial charge in [0.05, 0.1) is 0 Å². The van der Waals surface area contributed by atoms with Gasteiger partial charge >= 0.3 is 5.97 Å². The van der Waals surface area contributed by atoms with Crippen molar-refractivity contribution in [1.82, 2.24) is 5.32 Å². The molecule has 5 heteroatoms. The van der Waals surface area contributed by atoms with E-state index in [1.54, 1.807) is 0 Å². The number of amides is 1. The molecular formula is C15H26N2O3. The highest BCUT2D eigenvalue weighted by Crippen LogP contribution is 2.33. The summed E-state index contributed by atoms with van der Waals surface area (Å²) in [5.74, 6) is -0.577. The Hall–Kier alpha value is -1.10. The molecule has 2 aliphatic carbocycles. The molecule has 1 amide bonds. The third-order valence-corrected chi connectivity index (χ3v) is 4.99. The van der Waals surface area contributed by atoms with E-state index in [0.29, 0.717) is 25.2 Å². The number of aliphatic carboxylic acids is 1. The van der Waals surface area contributed by atoms with Crippen molar-refractivity contribution in [3.05, 3.63) is 0 Å². The topological polar surface area (TPSA) is 92.4 Å². The molecular weight excluding hydrogens is 256 g/mol. The summed E-state index contributed by atoms with van der Waals surface area (Å²) >= 11 is 0. The Morgan fingerprint density at radius 1 is 1.20 bits per heavy atom. The summed E-state index contributed by atoms with van der Waals surface area (Å²) in [7, 11) is 0. The highest BCUT2D eigenvalue weighted by Gasteiger charge is 2.43. The molecule has 20 heavy (non-hydrogen) atoms. The van der Waals surface area contributed by atoms with Gasteiger partial charge in [-0.05, 0) is 50.9 Å². The van der Waals surface area contributed by atoms with Crippen molar-refractivity contribution in [2.75, 3.05) is 0 Å². The highest BCUT2D eigenvalue weighted by atomic mass is 16.4. The van der Waals surface area contributed by atoms with Crippen LogP contribution in [0.5, 0.6) is 0 Å². The molecule has 0 spiro atoms. The second-order valence-corrected chi connectivity index (χ2v) is 6.68.